The number of rotatable bonds is 2. The molecule has 24 heavy (non-hydrogen) atoms. The predicted octanol–water partition coefficient (Wildman–Crippen LogP) is 5.34. The summed E-state index contributed by atoms with van der Waals surface area (Å²) in [6.07, 6.45) is 6.91. The first-order valence-corrected chi connectivity index (χ1v) is 17.8. The minimum atomic E-state index is -3.70. The molecule has 0 spiro atoms. The average Bonchev–Trinajstić information content (AvgIpc) is 3.08. The molecule has 1 aromatic heterocycles. The summed E-state index contributed by atoms with van der Waals surface area (Å²) in [4.78, 5) is 3.63. The molecule has 133 valence electrons. The summed E-state index contributed by atoms with van der Waals surface area (Å²) in [7, 11) is 2.33. The fraction of sp³-hybridized carbons (Fsp3) is 0.368. The summed E-state index contributed by atoms with van der Waals surface area (Å²) in [5, 5.41) is 5.25. The number of H-pyrrole nitrogens is 1. The zero-order chi connectivity index (χ0) is 16.3. The molecule has 5 heteroatoms. The number of nitrogens with one attached hydrogen (secondary N) is 1. The molecule has 2 aromatic rings. The van der Waals surface area contributed by atoms with Gasteiger partial charge in [-0.2, -0.15) is 0 Å². The second kappa shape index (κ2) is 5.89. The summed E-state index contributed by atoms with van der Waals surface area (Å²) in [5.41, 5.74) is 2.91. The van der Waals surface area contributed by atoms with Crippen molar-refractivity contribution in [2.45, 2.75) is 39.2 Å². The molecule has 1 aliphatic carbocycles. The van der Waals surface area contributed by atoms with Crippen LogP contribution >= 0.6 is 24.8 Å². The van der Waals surface area contributed by atoms with Gasteiger partial charge in [0.15, 0.2) is 0 Å². The molecule has 0 fully saturated rings. The first-order chi connectivity index (χ1) is 10.0. The van der Waals surface area contributed by atoms with E-state index >= 15 is 0 Å². The van der Waals surface area contributed by atoms with Gasteiger partial charge in [0.1, 0.15) is 0 Å². The first kappa shape index (κ1) is 21.8. The smallest absolute Gasteiger partial charge is 0.147 e. The standard InChI is InChI=1S/C9H7.C4H4N.C4H9.2CH3.2ClH.H2Si.Ti/c1-2-5-9-7-3-6-8(9)4-1;1-2-4-5-3-1;1-4(2)3;;;;;;/h1-7H;1-3,5H;1-3H3;2*1H3;2*1H;1H2;. The molecule has 1 aromatic carbocycles. The molecule has 0 amide bonds. The van der Waals surface area contributed by atoms with Crippen LogP contribution in [0.15, 0.2) is 48.7 Å². The van der Waals surface area contributed by atoms with Gasteiger partial charge >= 0.3 is 134 Å². The second-order valence-corrected chi connectivity index (χ2v) is 35.9. The van der Waals surface area contributed by atoms with Gasteiger partial charge in [0, 0.05) is 0 Å². The minimum absolute atomic E-state index is 0. The van der Waals surface area contributed by atoms with Crippen molar-refractivity contribution in [2.75, 3.05) is 0 Å². The third kappa shape index (κ3) is 2.46. The maximum atomic E-state index is 3.63. The van der Waals surface area contributed by atoms with E-state index in [2.05, 4.69) is 98.6 Å². The molecular formula is C19H30Cl2NSiTi. The van der Waals surface area contributed by atoms with Crippen molar-refractivity contribution < 1.29 is 12.8 Å². The molecule has 1 atom stereocenters. The SMILES string of the molecule is C[C](C)(C)[Ti]([CH3])([CH3])(=[SiH2])([c]1ccc[nH]1)[CH]1C=Cc2ccccc21.Cl.Cl. The summed E-state index contributed by atoms with van der Waals surface area (Å²) < 4.78 is 2.22. The molecule has 0 aliphatic heterocycles. The van der Waals surface area contributed by atoms with Crippen LogP contribution in [-0.4, -0.2) is 12.6 Å². The van der Waals surface area contributed by atoms with Gasteiger partial charge < -0.3 is 0 Å². The van der Waals surface area contributed by atoms with Crippen LogP contribution < -0.4 is 4.00 Å². The number of benzene rings is 1. The molecule has 0 saturated heterocycles. The molecule has 0 bridgehead atoms. The van der Waals surface area contributed by atoms with E-state index in [-0.39, 0.29) is 28.5 Å². The topological polar surface area (TPSA) is 15.8 Å². The number of fused-ring (bicyclic) bond motifs is 1. The molecule has 0 saturated carbocycles. The van der Waals surface area contributed by atoms with Crippen LogP contribution in [0.1, 0.15) is 36.1 Å². The van der Waals surface area contributed by atoms with Crippen molar-refractivity contribution in [1.82, 2.24) is 4.98 Å². The molecule has 1 heterocycles. The molecule has 1 aliphatic rings. The van der Waals surface area contributed by atoms with Crippen molar-refractivity contribution >= 4 is 42.5 Å². The van der Waals surface area contributed by atoms with Crippen LogP contribution in [0.2, 0.25) is 14.2 Å². The largest absolute Gasteiger partial charge is 0.147 e. The first-order valence-electron chi connectivity index (χ1n) is 8.21. The Kier molecular flexibility index (Phi) is 5.35. The van der Waals surface area contributed by atoms with Gasteiger partial charge in [0.25, 0.3) is 0 Å². The monoisotopic (exact) mass is 418 g/mol. The van der Waals surface area contributed by atoms with E-state index in [4.69, 9.17) is 0 Å². The van der Waals surface area contributed by atoms with Crippen molar-refractivity contribution in [3.8, 4) is 0 Å². The van der Waals surface area contributed by atoms with Gasteiger partial charge in [-0.3, -0.25) is 0 Å². The van der Waals surface area contributed by atoms with E-state index in [1.54, 1.807) is 0 Å². The molecule has 3 rings (SSSR count). The van der Waals surface area contributed by atoms with Crippen molar-refractivity contribution in [2.24, 2.45) is 0 Å². The minimum Gasteiger partial charge on any atom is -0.147 e. The quantitative estimate of drug-likeness (QED) is 0.633. The second-order valence-electron chi connectivity index (χ2n) is 9.56. The maximum absolute atomic E-state index is 3.70. The van der Waals surface area contributed by atoms with Gasteiger partial charge in [-0.1, -0.05) is 0 Å². The van der Waals surface area contributed by atoms with E-state index in [0.29, 0.717) is 4.22 Å². The molecule has 1 unspecified atom stereocenters. The Morgan fingerprint density at radius 3 is 2.17 bits per heavy atom. The summed E-state index contributed by atoms with van der Waals surface area (Å²) in [6.45, 7) is 7.33. The van der Waals surface area contributed by atoms with E-state index in [0.717, 1.165) is 0 Å². The van der Waals surface area contributed by atoms with Crippen molar-refractivity contribution in [3.05, 3.63) is 59.8 Å². The predicted molar refractivity (Wildman–Crippen MR) is 113 cm³/mol. The third-order valence-electron chi connectivity index (χ3n) is 7.41. The van der Waals surface area contributed by atoms with Crippen molar-refractivity contribution in [3.63, 3.8) is 0 Å². The Labute approximate surface area is 158 Å². The number of aromatic amines is 1. The number of allylic oxidation sites excluding steroid dienone is 1. The van der Waals surface area contributed by atoms with Gasteiger partial charge in [-0.05, 0) is 0 Å². The van der Waals surface area contributed by atoms with Gasteiger partial charge in [0.05, 0.1) is 0 Å². The van der Waals surface area contributed by atoms with Crippen LogP contribution in [-0.2, 0) is 12.8 Å². The molecule has 0 radical (unpaired) electrons. The Balaban J connectivity index is 0.00000144. The van der Waals surface area contributed by atoms with E-state index in [9.17, 15) is 0 Å². The molecule has 1 N–H and O–H groups in total. The summed E-state index contributed by atoms with van der Waals surface area (Å²) in [6, 6.07) is 13.4. The zero-order valence-electron chi connectivity index (χ0n) is 15.3. The van der Waals surface area contributed by atoms with E-state index < -0.39 is 12.8 Å². The van der Waals surface area contributed by atoms with E-state index in [1.807, 2.05) is 0 Å². The Morgan fingerprint density at radius 2 is 1.62 bits per heavy atom. The number of hydrogen-bond donors (Lipinski definition) is 1. The molecular weight excluding hydrogens is 389 g/mol. The maximum Gasteiger partial charge on any atom is -0.147 e. The number of aromatic nitrogens is 1. The fourth-order valence-corrected chi connectivity index (χ4v) is 15.3. The van der Waals surface area contributed by atoms with Crippen LogP contribution in [0.5, 0.6) is 0 Å². The Bertz CT molecular complexity index is 854. The fourth-order valence-electron chi connectivity index (χ4n) is 4.14. The van der Waals surface area contributed by atoms with Crippen molar-refractivity contribution in [1.29, 1.82) is 0 Å². The zero-order valence-corrected chi connectivity index (χ0v) is 19.9. The van der Waals surface area contributed by atoms with Crippen LogP contribution in [0.4, 0.5) is 0 Å². The van der Waals surface area contributed by atoms with Gasteiger partial charge in [-0.25, -0.2) is 0 Å². The van der Waals surface area contributed by atoms with Gasteiger partial charge in [0.2, 0.25) is 0 Å². The number of hydrogen-bond acceptors (Lipinski definition) is 0. The third-order valence-corrected chi connectivity index (χ3v) is 32.1. The number of halogens is 2. The van der Waals surface area contributed by atoms with Crippen LogP contribution in [0, 0.1) is 0 Å². The summed E-state index contributed by atoms with van der Waals surface area (Å²) >= 11 is -3.70. The summed E-state index contributed by atoms with van der Waals surface area (Å²) in [5.74, 6) is 0. The Hall–Kier alpha value is -0.249. The van der Waals surface area contributed by atoms with Gasteiger partial charge in [-0.15, -0.1) is 24.8 Å². The van der Waals surface area contributed by atoms with Crippen LogP contribution in [0.3, 0.4) is 0 Å². The van der Waals surface area contributed by atoms with E-state index in [1.165, 1.54) is 15.1 Å². The normalized spacial score (nSPS) is 19.5. The Morgan fingerprint density at radius 1 is 1.00 bits per heavy atom. The molecule has 1 nitrogen and oxygen atoms in total. The van der Waals surface area contributed by atoms with Crippen LogP contribution in [0.25, 0.3) is 6.08 Å². The average molecular weight is 419 g/mol.